The first-order valence-electron chi connectivity index (χ1n) is 8.64. The van der Waals surface area contributed by atoms with Crippen molar-refractivity contribution in [3.63, 3.8) is 0 Å². The molecule has 2 aromatic rings. The first-order valence-corrected chi connectivity index (χ1v) is 10.5. The first-order chi connectivity index (χ1) is 13.1. The minimum atomic E-state index is -3.70. The Morgan fingerprint density at radius 2 is 1.54 bits per heavy atom. The summed E-state index contributed by atoms with van der Waals surface area (Å²) >= 11 is 0. The molecule has 2 aromatic carbocycles. The second-order valence-electron chi connectivity index (χ2n) is 6.53. The van der Waals surface area contributed by atoms with Crippen molar-refractivity contribution in [2.45, 2.75) is 20.8 Å². The minimum Gasteiger partial charge on any atom is -0.454 e. The highest BCUT2D eigenvalue weighted by Crippen LogP contribution is 2.22. The van der Waals surface area contributed by atoms with E-state index in [4.69, 9.17) is 4.74 Å². The zero-order valence-corrected chi connectivity index (χ0v) is 17.2. The summed E-state index contributed by atoms with van der Waals surface area (Å²) in [6.07, 6.45) is 1.01. The molecule has 0 saturated carbocycles. The number of hydrogen-bond acceptors (Lipinski definition) is 5. The quantitative estimate of drug-likeness (QED) is 0.716. The van der Waals surface area contributed by atoms with Gasteiger partial charge >= 0.3 is 5.97 Å². The Balaban J connectivity index is 2.02. The third-order valence-corrected chi connectivity index (χ3v) is 5.29. The number of anilines is 2. The number of nitrogens with zero attached hydrogens (tertiary/aromatic N) is 1. The summed E-state index contributed by atoms with van der Waals surface area (Å²) in [5, 5.41) is 2.71. The van der Waals surface area contributed by atoms with Crippen LogP contribution in [0.5, 0.6) is 0 Å². The lowest BCUT2D eigenvalue weighted by Crippen LogP contribution is -2.37. The van der Waals surface area contributed by atoms with Crippen LogP contribution in [0, 0.1) is 20.8 Å². The second kappa shape index (κ2) is 8.88. The van der Waals surface area contributed by atoms with E-state index in [1.54, 1.807) is 31.2 Å². The molecule has 0 saturated heterocycles. The summed E-state index contributed by atoms with van der Waals surface area (Å²) in [5.74, 6) is -1.31. The van der Waals surface area contributed by atoms with Gasteiger partial charge in [-0.1, -0.05) is 36.4 Å². The second-order valence-corrected chi connectivity index (χ2v) is 8.44. The van der Waals surface area contributed by atoms with Crippen molar-refractivity contribution in [1.82, 2.24) is 0 Å². The molecule has 1 amide bonds. The third kappa shape index (κ3) is 5.56. The summed E-state index contributed by atoms with van der Waals surface area (Å²) in [6, 6.07) is 12.4. The van der Waals surface area contributed by atoms with Gasteiger partial charge in [-0.15, -0.1) is 0 Å². The molecule has 0 atom stereocenters. The normalized spacial score (nSPS) is 11.0. The fourth-order valence-electron chi connectivity index (χ4n) is 2.72. The third-order valence-electron chi connectivity index (χ3n) is 4.17. The van der Waals surface area contributed by atoms with Gasteiger partial charge < -0.3 is 10.1 Å². The molecule has 0 heterocycles. The van der Waals surface area contributed by atoms with Crippen LogP contribution >= 0.6 is 0 Å². The van der Waals surface area contributed by atoms with Crippen molar-refractivity contribution in [1.29, 1.82) is 0 Å². The number of sulfonamides is 1. The fraction of sp³-hybridized carbons (Fsp3) is 0.300. The number of ether oxygens (including phenoxy) is 1. The van der Waals surface area contributed by atoms with Crippen LogP contribution in [0.4, 0.5) is 11.4 Å². The van der Waals surface area contributed by atoms with Crippen molar-refractivity contribution in [3.8, 4) is 0 Å². The Kier molecular flexibility index (Phi) is 6.80. The van der Waals surface area contributed by atoms with Crippen molar-refractivity contribution < 1.29 is 22.7 Å². The van der Waals surface area contributed by atoms with E-state index in [1.165, 1.54) is 0 Å². The lowest BCUT2D eigenvalue weighted by Gasteiger charge is -2.23. The Labute approximate surface area is 165 Å². The zero-order valence-electron chi connectivity index (χ0n) is 16.4. The van der Waals surface area contributed by atoms with Gasteiger partial charge in [0.25, 0.3) is 5.91 Å². The number of benzene rings is 2. The maximum absolute atomic E-state index is 12.2. The van der Waals surface area contributed by atoms with E-state index in [-0.39, 0.29) is 0 Å². The van der Waals surface area contributed by atoms with Gasteiger partial charge in [0.15, 0.2) is 6.61 Å². The number of amides is 1. The SMILES string of the molecule is Cc1ccccc1N(CC(=O)OCC(=O)Nc1c(C)cccc1C)S(C)(=O)=O. The van der Waals surface area contributed by atoms with Crippen LogP contribution in [0.2, 0.25) is 0 Å². The number of rotatable bonds is 7. The highest BCUT2D eigenvalue weighted by molar-refractivity contribution is 7.92. The molecule has 28 heavy (non-hydrogen) atoms. The standard InChI is InChI=1S/C20H24N2O5S/c1-14-8-5-6-11-17(14)22(28(4,25)26)12-19(24)27-13-18(23)21-20-15(2)9-7-10-16(20)3/h5-11H,12-13H2,1-4H3,(H,21,23). The van der Waals surface area contributed by atoms with Crippen LogP contribution in [-0.2, 0) is 24.3 Å². The molecular weight excluding hydrogens is 380 g/mol. The molecule has 150 valence electrons. The van der Waals surface area contributed by atoms with E-state index < -0.39 is 35.1 Å². The first kappa shape index (κ1) is 21.4. The van der Waals surface area contributed by atoms with Crippen LogP contribution in [0.15, 0.2) is 42.5 Å². The molecular formula is C20H24N2O5S. The van der Waals surface area contributed by atoms with E-state index in [9.17, 15) is 18.0 Å². The highest BCUT2D eigenvalue weighted by atomic mass is 32.2. The van der Waals surface area contributed by atoms with Crippen molar-refractivity contribution >= 4 is 33.3 Å². The minimum absolute atomic E-state index is 0.391. The van der Waals surface area contributed by atoms with E-state index >= 15 is 0 Å². The van der Waals surface area contributed by atoms with Gasteiger partial charge in [0, 0.05) is 5.69 Å². The largest absolute Gasteiger partial charge is 0.454 e. The summed E-state index contributed by atoms with van der Waals surface area (Å²) in [7, 11) is -3.70. The Morgan fingerprint density at radius 1 is 0.964 bits per heavy atom. The molecule has 7 nitrogen and oxygen atoms in total. The number of esters is 1. The lowest BCUT2D eigenvalue weighted by molar-refractivity contribution is -0.145. The maximum Gasteiger partial charge on any atom is 0.327 e. The maximum atomic E-state index is 12.2. The molecule has 0 bridgehead atoms. The Morgan fingerprint density at radius 3 is 2.11 bits per heavy atom. The number of carbonyl (C=O) groups is 2. The van der Waals surface area contributed by atoms with Crippen LogP contribution < -0.4 is 9.62 Å². The van der Waals surface area contributed by atoms with Gasteiger partial charge in [-0.25, -0.2) is 8.42 Å². The molecule has 0 aliphatic heterocycles. The molecule has 0 radical (unpaired) electrons. The van der Waals surface area contributed by atoms with E-state index in [0.717, 1.165) is 21.7 Å². The molecule has 0 fully saturated rings. The Hall–Kier alpha value is -2.87. The lowest BCUT2D eigenvalue weighted by atomic mass is 10.1. The average molecular weight is 404 g/mol. The van der Waals surface area contributed by atoms with Gasteiger partial charge in [-0.3, -0.25) is 13.9 Å². The van der Waals surface area contributed by atoms with Crippen LogP contribution in [0.3, 0.4) is 0 Å². The van der Waals surface area contributed by atoms with Crippen molar-refractivity contribution in [2.75, 3.05) is 29.0 Å². The topological polar surface area (TPSA) is 92.8 Å². The van der Waals surface area contributed by atoms with Crippen LogP contribution in [0.1, 0.15) is 16.7 Å². The molecule has 0 aromatic heterocycles. The molecule has 0 spiro atoms. The zero-order chi connectivity index (χ0) is 20.9. The summed E-state index contributed by atoms with van der Waals surface area (Å²) < 4.78 is 30.2. The number of hydrogen-bond donors (Lipinski definition) is 1. The molecule has 0 unspecified atom stereocenters. The predicted octanol–water partition coefficient (Wildman–Crippen LogP) is 2.56. The molecule has 8 heteroatoms. The van der Waals surface area contributed by atoms with Gasteiger partial charge in [-0.2, -0.15) is 0 Å². The smallest absolute Gasteiger partial charge is 0.327 e. The number of carbonyl (C=O) groups excluding carboxylic acids is 2. The molecule has 0 aliphatic carbocycles. The summed E-state index contributed by atoms with van der Waals surface area (Å²) in [6.45, 7) is 4.46. The fourth-order valence-corrected chi connectivity index (χ4v) is 3.62. The van der Waals surface area contributed by atoms with Crippen molar-refractivity contribution in [2.24, 2.45) is 0 Å². The van der Waals surface area contributed by atoms with Crippen LogP contribution in [-0.4, -0.2) is 39.7 Å². The monoisotopic (exact) mass is 404 g/mol. The van der Waals surface area contributed by atoms with Gasteiger partial charge in [0.2, 0.25) is 10.0 Å². The number of aryl methyl sites for hydroxylation is 3. The number of para-hydroxylation sites is 2. The molecule has 0 aliphatic rings. The van der Waals surface area contributed by atoms with Crippen molar-refractivity contribution in [3.05, 3.63) is 59.2 Å². The van der Waals surface area contributed by atoms with Crippen LogP contribution in [0.25, 0.3) is 0 Å². The summed E-state index contributed by atoms with van der Waals surface area (Å²) in [4.78, 5) is 24.3. The summed E-state index contributed by atoms with van der Waals surface area (Å²) in [5.41, 5.74) is 3.54. The Bertz CT molecular complexity index is 966. The highest BCUT2D eigenvalue weighted by Gasteiger charge is 2.23. The van der Waals surface area contributed by atoms with Gasteiger partial charge in [0.1, 0.15) is 6.54 Å². The van der Waals surface area contributed by atoms with E-state index in [1.807, 2.05) is 32.0 Å². The van der Waals surface area contributed by atoms with Gasteiger partial charge in [-0.05, 0) is 43.5 Å². The molecule has 2 rings (SSSR count). The van der Waals surface area contributed by atoms with E-state index in [2.05, 4.69) is 5.32 Å². The molecule has 1 N–H and O–H groups in total. The predicted molar refractivity (Wildman–Crippen MR) is 109 cm³/mol. The number of nitrogens with one attached hydrogen (secondary N) is 1. The van der Waals surface area contributed by atoms with Gasteiger partial charge in [0.05, 0.1) is 11.9 Å². The average Bonchev–Trinajstić information content (AvgIpc) is 2.61. The van der Waals surface area contributed by atoms with E-state index in [0.29, 0.717) is 16.9 Å².